The minimum absolute atomic E-state index is 0.0442. The zero-order valence-corrected chi connectivity index (χ0v) is 15.9. The summed E-state index contributed by atoms with van der Waals surface area (Å²) in [6.45, 7) is 0. The van der Waals surface area contributed by atoms with E-state index in [9.17, 15) is 14.3 Å². The number of alkyl halides is 1. The Bertz CT molecular complexity index is 1120. The van der Waals surface area contributed by atoms with E-state index in [1.807, 2.05) is 11.9 Å². The summed E-state index contributed by atoms with van der Waals surface area (Å²) >= 11 is 0. The van der Waals surface area contributed by atoms with E-state index in [0.717, 1.165) is 19.3 Å². The molecule has 2 N–H and O–H groups in total. The number of aromatic hydroxyl groups is 1. The van der Waals surface area contributed by atoms with E-state index < -0.39 is 6.17 Å². The molecule has 2 bridgehead atoms. The molecule has 0 aromatic carbocycles. The first-order valence-electron chi connectivity index (χ1n) is 9.69. The molecule has 2 unspecified atom stereocenters. The summed E-state index contributed by atoms with van der Waals surface area (Å²) in [7, 11) is 1.84. The molecule has 0 saturated carbocycles. The molecule has 3 aromatic heterocycles. The van der Waals surface area contributed by atoms with Crippen LogP contribution >= 0.6 is 0 Å². The number of halogens is 1. The topological polar surface area (TPSA) is 95.7 Å². The average Bonchev–Trinajstić information content (AvgIpc) is 3.14. The molecule has 150 valence electrons. The summed E-state index contributed by atoms with van der Waals surface area (Å²) in [5.41, 5.74) is 0.879. The standard InChI is InChI=1S/C20H21FN6O2/c1-26(15-8-11-2-3-14(23-11)20(15)21)17-5-4-13(24-25-17)12-10-27-18(9-16(12)28)22-7-6-19(27)29/h4-7,9-11,14-15,20,23,28H,2-3,8H2,1H3/t11?,14?,15-,20+/m0/s1. The molecule has 4 atom stereocenters. The van der Waals surface area contributed by atoms with Gasteiger partial charge in [0.25, 0.3) is 5.56 Å². The lowest BCUT2D eigenvalue weighted by atomic mass is 9.96. The Hall–Kier alpha value is -3.07. The van der Waals surface area contributed by atoms with Gasteiger partial charge in [-0.3, -0.25) is 9.20 Å². The van der Waals surface area contributed by atoms with Crippen LogP contribution in [0.5, 0.6) is 5.75 Å². The summed E-state index contributed by atoms with van der Waals surface area (Å²) in [5.74, 6) is 0.527. The van der Waals surface area contributed by atoms with Crippen molar-refractivity contribution < 1.29 is 9.50 Å². The van der Waals surface area contributed by atoms with Crippen molar-refractivity contribution in [2.24, 2.45) is 0 Å². The van der Waals surface area contributed by atoms with Crippen molar-refractivity contribution >= 4 is 11.5 Å². The van der Waals surface area contributed by atoms with E-state index in [0.29, 0.717) is 28.8 Å². The second-order valence-electron chi connectivity index (χ2n) is 7.77. The monoisotopic (exact) mass is 396 g/mol. The zero-order chi connectivity index (χ0) is 20.1. The maximum atomic E-state index is 14.8. The number of anilines is 1. The van der Waals surface area contributed by atoms with Crippen molar-refractivity contribution in [1.29, 1.82) is 0 Å². The van der Waals surface area contributed by atoms with Gasteiger partial charge in [-0.15, -0.1) is 10.2 Å². The minimum Gasteiger partial charge on any atom is -0.507 e. The lowest BCUT2D eigenvalue weighted by Crippen LogP contribution is -2.55. The number of nitrogens with one attached hydrogen (secondary N) is 1. The molecule has 2 saturated heterocycles. The molecule has 0 radical (unpaired) electrons. The van der Waals surface area contributed by atoms with E-state index in [2.05, 4.69) is 20.5 Å². The Morgan fingerprint density at radius 1 is 1.28 bits per heavy atom. The third-order valence-corrected chi connectivity index (χ3v) is 6.05. The van der Waals surface area contributed by atoms with Crippen LogP contribution in [0, 0.1) is 0 Å². The van der Waals surface area contributed by atoms with Crippen molar-refractivity contribution in [1.82, 2.24) is 24.9 Å². The van der Waals surface area contributed by atoms with Crippen LogP contribution < -0.4 is 15.8 Å². The van der Waals surface area contributed by atoms with E-state index in [1.54, 1.807) is 12.1 Å². The quantitative estimate of drug-likeness (QED) is 0.693. The second-order valence-corrected chi connectivity index (χ2v) is 7.77. The van der Waals surface area contributed by atoms with E-state index in [4.69, 9.17) is 0 Å². The van der Waals surface area contributed by atoms with Gasteiger partial charge in [-0.05, 0) is 31.4 Å². The zero-order valence-electron chi connectivity index (χ0n) is 15.9. The van der Waals surface area contributed by atoms with Gasteiger partial charge < -0.3 is 15.3 Å². The van der Waals surface area contributed by atoms with Crippen molar-refractivity contribution in [2.75, 3.05) is 11.9 Å². The molecule has 3 aromatic rings. The maximum Gasteiger partial charge on any atom is 0.257 e. The lowest BCUT2D eigenvalue weighted by Gasteiger charge is -2.38. The highest BCUT2D eigenvalue weighted by Gasteiger charge is 2.43. The van der Waals surface area contributed by atoms with Gasteiger partial charge in [0.2, 0.25) is 0 Å². The first-order chi connectivity index (χ1) is 14.0. The van der Waals surface area contributed by atoms with Crippen LogP contribution in [0.3, 0.4) is 0 Å². The fourth-order valence-electron chi connectivity index (χ4n) is 4.44. The first kappa shape index (κ1) is 18.0. The summed E-state index contributed by atoms with van der Waals surface area (Å²) in [6, 6.07) is 6.25. The molecule has 29 heavy (non-hydrogen) atoms. The number of nitrogens with zero attached hydrogens (tertiary/aromatic N) is 5. The number of piperidine rings is 1. The normalized spacial score (nSPS) is 26.0. The number of rotatable bonds is 3. The van der Waals surface area contributed by atoms with E-state index in [1.165, 1.54) is 28.9 Å². The van der Waals surface area contributed by atoms with Crippen molar-refractivity contribution in [3.8, 4) is 17.0 Å². The van der Waals surface area contributed by atoms with Crippen LogP contribution in [0.25, 0.3) is 16.9 Å². The highest BCUT2D eigenvalue weighted by atomic mass is 19.1. The predicted molar refractivity (Wildman–Crippen MR) is 106 cm³/mol. The van der Waals surface area contributed by atoms with Gasteiger partial charge in [0.15, 0.2) is 5.82 Å². The summed E-state index contributed by atoms with van der Waals surface area (Å²) in [6.07, 6.45) is 4.55. The van der Waals surface area contributed by atoms with E-state index in [-0.39, 0.29) is 23.4 Å². The molecular formula is C20H21FN6O2. The molecule has 2 fully saturated rings. The SMILES string of the molecule is CN(c1ccc(-c2cn3c(=O)ccnc3cc2O)nn1)[C@H]1CC2CCC(N2)[C@H]1F. The molecule has 5 rings (SSSR count). The average molecular weight is 396 g/mol. The Balaban J connectivity index is 1.45. The lowest BCUT2D eigenvalue weighted by molar-refractivity contribution is 0.176. The van der Waals surface area contributed by atoms with E-state index >= 15 is 0 Å². The Morgan fingerprint density at radius 3 is 2.93 bits per heavy atom. The molecule has 0 aliphatic carbocycles. The fourth-order valence-corrected chi connectivity index (χ4v) is 4.44. The molecule has 2 aliphatic rings. The van der Waals surface area contributed by atoms with Crippen molar-refractivity contribution in [3.63, 3.8) is 0 Å². The Labute approximate surface area is 166 Å². The van der Waals surface area contributed by atoms with Crippen LogP contribution in [0.2, 0.25) is 0 Å². The van der Waals surface area contributed by atoms with Crippen LogP contribution in [-0.4, -0.2) is 56.0 Å². The molecule has 0 amide bonds. The van der Waals surface area contributed by atoms with Gasteiger partial charge in [0.05, 0.1) is 17.3 Å². The molecule has 0 spiro atoms. The van der Waals surface area contributed by atoms with Crippen molar-refractivity contribution in [2.45, 2.75) is 43.6 Å². The van der Waals surface area contributed by atoms with Gasteiger partial charge in [-0.1, -0.05) is 0 Å². The predicted octanol–water partition coefficient (Wildman–Crippen LogP) is 1.52. The molecule has 9 heteroatoms. The Morgan fingerprint density at radius 2 is 2.14 bits per heavy atom. The van der Waals surface area contributed by atoms with Crippen LogP contribution in [-0.2, 0) is 0 Å². The Kier molecular flexibility index (Phi) is 4.20. The van der Waals surface area contributed by atoms with Gasteiger partial charge in [-0.2, -0.15) is 0 Å². The summed E-state index contributed by atoms with van der Waals surface area (Å²) < 4.78 is 16.2. The number of hydrogen-bond donors (Lipinski definition) is 2. The third kappa shape index (κ3) is 3.02. The largest absolute Gasteiger partial charge is 0.507 e. The molecule has 8 nitrogen and oxygen atoms in total. The fraction of sp³-hybridized carbons (Fsp3) is 0.400. The number of fused-ring (bicyclic) bond motifs is 3. The smallest absolute Gasteiger partial charge is 0.257 e. The number of hydrogen-bond acceptors (Lipinski definition) is 7. The molecular weight excluding hydrogens is 375 g/mol. The number of aromatic nitrogens is 4. The van der Waals surface area contributed by atoms with Crippen LogP contribution in [0.1, 0.15) is 19.3 Å². The van der Waals surface area contributed by atoms with Gasteiger partial charge in [0, 0.05) is 43.7 Å². The number of pyridine rings is 1. The molecule has 2 aliphatic heterocycles. The second kappa shape index (κ2) is 6.77. The van der Waals surface area contributed by atoms with Crippen molar-refractivity contribution in [3.05, 3.63) is 47.0 Å². The van der Waals surface area contributed by atoms with Crippen LogP contribution in [0.15, 0.2) is 41.5 Å². The van der Waals surface area contributed by atoms with Gasteiger partial charge >= 0.3 is 0 Å². The first-order valence-corrected chi connectivity index (χ1v) is 9.69. The maximum absolute atomic E-state index is 14.8. The van der Waals surface area contributed by atoms with Gasteiger partial charge in [0.1, 0.15) is 17.6 Å². The van der Waals surface area contributed by atoms with Gasteiger partial charge in [-0.25, -0.2) is 9.37 Å². The van der Waals surface area contributed by atoms with Crippen LogP contribution in [0.4, 0.5) is 10.2 Å². The highest BCUT2D eigenvalue weighted by molar-refractivity contribution is 5.69. The summed E-state index contributed by atoms with van der Waals surface area (Å²) in [4.78, 5) is 18.0. The highest BCUT2D eigenvalue weighted by Crippen LogP contribution is 2.33. The summed E-state index contributed by atoms with van der Waals surface area (Å²) in [5, 5.41) is 22.1. The molecule has 5 heterocycles. The third-order valence-electron chi connectivity index (χ3n) is 6.05. The minimum atomic E-state index is -0.955.